The Morgan fingerprint density at radius 2 is 1.89 bits per heavy atom. The van der Waals surface area contributed by atoms with Crippen LogP contribution in [0.4, 0.5) is 0 Å². The molecule has 1 aromatic carbocycles. The van der Waals surface area contributed by atoms with E-state index in [1.54, 1.807) is 11.3 Å². The van der Waals surface area contributed by atoms with E-state index in [4.69, 9.17) is 9.47 Å². The Bertz CT molecular complexity index is 428. The summed E-state index contributed by atoms with van der Waals surface area (Å²) in [4.78, 5) is 1.16. The molecule has 0 saturated carbocycles. The van der Waals surface area contributed by atoms with Gasteiger partial charge in [-0.3, -0.25) is 0 Å². The van der Waals surface area contributed by atoms with Gasteiger partial charge in [-0.05, 0) is 23.6 Å². The molecule has 3 nitrogen and oxygen atoms in total. The van der Waals surface area contributed by atoms with Crippen LogP contribution in [0.5, 0.6) is 5.75 Å². The number of aliphatic hydroxyl groups excluding tert-OH is 1. The largest absolute Gasteiger partial charge is 0.491 e. The molecule has 0 radical (unpaired) electrons. The highest BCUT2D eigenvalue weighted by Crippen LogP contribution is 2.10. The maximum absolute atomic E-state index is 9.69. The zero-order chi connectivity index (χ0) is 12.6. The fraction of sp³-hybridized carbons (Fsp3) is 0.286. The second-order valence-corrected chi connectivity index (χ2v) is 4.90. The second-order valence-electron chi connectivity index (χ2n) is 3.87. The molecule has 0 fully saturated rings. The molecule has 1 unspecified atom stereocenters. The van der Waals surface area contributed by atoms with Crippen LogP contribution in [0.25, 0.3) is 0 Å². The number of hydrogen-bond donors (Lipinski definition) is 1. The number of aliphatic hydroxyl groups is 1. The molecule has 4 heteroatoms. The number of thiophene rings is 1. The minimum atomic E-state index is -0.606. The lowest BCUT2D eigenvalue weighted by molar-refractivity contribution is 0.00625. The summed E-state index contributed by atoms with van der Waals surface area (Å²) in [6.07, 6.45) is -0.606. The van der Waals surface area contributed by atoms with Crippen molar-refractivity contribution in [2.24, 2.45) is 0 Å². The highest BCUT2D eigenvalue weighted by atomic mass is 32.1. The van der Waals surface area contributed by atoms with E-state index in [1.165, 1.54) is 0 Å². The normalized spacial score (nSPS) is 12.3. The number of hydrogen-bond acceptors (Lipinski definition) is 4. The molecule has 0 aliphatic rings. The van der Waals surface area contributed by atoms with Gasteiger partial charge in [0.2, 0.25) is 0 Å². The Kier molecular flexibility index (Phi) is 5.20. The van der Waals surface area contributed by atoms with E-state index in [1.807, 2.05) is 47.8 Å². The molecule has 0 bridgehead atoms. The highest BCUT2D eigenvalue weighted by molar-refractivity contribution is 7.09. The monoisotopic (exact) mass is 264 g/mol. The first-order valence-electron chi connectivity index (χ1n) is 5.80. The third-order valence-corrected chi connectivity index (χ3v) is 3.17. The molecule has 0 spiro atoms. The Labute approximate surface area is 111 Å². The molecule has 2 rings (SSSR count). The molecular weight excluding hydrogens is 248 g/mol. The fourth-order valence-corrected chi connectivity index (χ4v) is 2.09. The molecule has 0 aliphatic heterocycles. The molecule has 0 saturated heterocycles. The summed E-state index contributed by atoms with van der Waals surface area (Å²) in [5, 5.41) is 11.7. The minimum absolute atomic E-state index is 0.244. The van der Waals surface area contributed by atoms with Crippen LogP contribution in [-0.4, -0.2) is 24.4 Å². The molecule has 1 atom stereocenters. The van der Waals surface area contributed by atoms with Gasteiger partial charge in [0.15, 0.2) is 0 Å². The van der Waals surface area contributed by atoms with Crippen molar-refractivity contribution in [1.29, 1.82) is 0 Å². The van der Waals surface area contributed by atoms with E-state index in [0.717, 1.165) is 10.6 Å². The van der Waals surface area contributed by atoms with Gasteiger partial charge in [0, 0.05) is 4.88 Å². The first-order chi connectivity index (χ1) is 8.84. The lowest BCUT2D eigenvalue weighted by atomic mass is 10.3. The summed E-state index contributed by atoms with van der Waals surface area (Å²) in [5.74, 6) is 0.759. The van der Waals surface area contributed by atoms with Crippen molar-refractivity contribution in [2.45, 2.75) is 12.7 Å². The van der Waals surface area contributed by atoms with Gasteiger partial charge in [0.1, 0.15) is 18.5 Å². The van der Waals surface area contributed by atoms with Crippen LogP contribution in [0.1, 0.15) is 4.88 Å². The summed E-state index contributed by atoms with van der Waals surface area (Å²) in [5.41, 5.74) is 0. The topological polar surface area (TPSA) is 38.7 Å². The average Bonchev–Trinajstić information content (AvgIpc) is 2.91. The lowest BCUT2D eigenvalue weighted by Gasteiger charge is -2.12. The first-order valence-corrected chi connectivity index (χ1v) is 6.68. The first kappa shape index (κ1) is 13.1. The Morgan fingerprint density at radius 1 is 1.06 bits per heavy atom. The van der Waals surface area contributed by atoms with E-state index in [2.05, 4.69) is 0 Å². The summed E-state index contributed by atoms with van der Waals surface area (Å²) >= 11 is 1.65. The van der Waals surface area contributed by atoms with Crippen molar-refractivity contribution < 1.29 is 14.6 Å². The van der Waals surface area contributed by atoms with Crippen LogP contribution < -0.4 is 4.74 Å². The van der Waals surface area contributed by atoms with Crippen molar-refractivity contribution in [1.82, 2.24) is 0 Å². The molecule has 96 valence electrons. The number of benzene rings is 1. The van der Waals surface area contributed by atoms with Crippen LogP contribution in [0, 0.1) is 0 Å². The highest BCUT2D eigenvalue weighted by Gasteiger charge is 2.05. The van der Waals surface area contributed by atoms with E-state index in [0.29, 0.717) is 6.61 Å². The van der Waals surface area contributed by atoms with Crippen LogP contribution in [-0.2, 0) is 11.3 Å². The molecule has 0 amide bonds. The third-order valence-electron chi connectivity index (χ3n) is 2.32. The predicted molar refractivity (Wildman–Crippen MR) is 71.9 cm³/mol. The van der Waals surface area contributed by atoms with Gasteiger partial charge in [-0.15, -0.1) is 11.3 Å². The van der Waals surface area contributed by atoms with Gasteiger partial charge in [-0.25, -0.2) is 0 Å². The Morgan fingerprint density at radius 3 is 2.61 bits per heavy atom. The number of ether oxygens (including phenoxy) is 2. The molecular formula is C14H16O3S. The van der Waals surface area contributed by atoms with Crippen LogP contribution in [0.3, 0.4) is 0 Å². The molecule has 0 aliphatic carbocycles. The fourth-order valence-electron chi connectivity index (χ4n) is 1.45. The molecule has 1 aromatic heterocycles. The smallest absolute Gasteiger partial charge is 0.119 e. The lowest BCUT2D eigenvalue weighted by Crippen LogP contribution is -2.23. The number of para-hydroxylation sites is 1. The minimum Gasteiger partial charge on any atom is -0.491 e. The van der Waals surface area contributed by atoms with Crippen molar-refractivity contribution in [3.63, 3.8) is 0 Å². The Balaban J connectivity index is 1.62. The van der Waals surface area contributed by atoms with Gasteiger partial charge in [0.05, 0.1) is 13.2 Å². The summed E-state index contributed by atoms with van der Waals surface area (Å²) in [6.45, 7) is 1.07. The maximum Gasteiger partial charge on any atom is 0.119 e. The van der Waals surface area contributed by atoms with Crippen molar-refractivity contribution >= 4 is 11.3 Å². The van der Waals surface area contributed by atoms with Gasteiger partial charge in [0.25, 0.3) is 0 Å². The van der Waals surface area contributed by atoms with Gasteiger partial charge < -0.3 is 14.6 Å². The van der Waals surface area contributed by atoms with E-state index in [-0.39, 0.29) is 13.2 Å². The zero-order valence-corrected chi connectivity index (χ0v) is 10.8. The van der Waals surface area contributed by atoms with E-state index >= 15 is 0 Å². The summed E-state index contributed by atoms with van der Waals surface area (Å²) in [7, 11) is 0. The van der Waals surface area contributed by atoms with E-state index < -0.39 is 6.10 Å². The summed E-state index contributed by atoms with van der Waals surface area (Å²) in [6, 6.07) is 13.4. The van der Waals surface area contributed by atoms with Crippen molar-refractivity contribution in [2.75, 3.05) is 13.2 Å². The van der Waals surface area contributed by atoms with Crippen molar-refractivity contribution in [3.8, 4) is 5.75 Å². The molecule has 2 aromatic rings. The summed E-state index contributed by atoms with van der Waals surface area (Å²) < 4.78 is 10.8. The van der Waals surface area contributed by atoms with E-state index in [9.17, 15) is 5.11 Å². The third kappa shape index (κ3) is 4.49. The standard InChI is InChI=1S/C14H16O3S/c15-12(9-16-11-14-7-4-8-18-14)10-17-13-5-2-1-3-6-13/h1-8,12,15H,9-11H2. The van der Waals surface area contributed by atoms with Gasteiger partial charge in [-0.2, -0.15) is 0 Å². The second kappa shape index (κ2) is 7.16. The zero-order valence-electron chi connectivity index (χ0n) is 9.99. The van der Waals surface area contributed by atoms with Gasteiger partial charge >= 0.3 is 0 Å². The maximum atomic E-state index is 9.69. The van der Waals surface area contributed by atoms with Crippen molar-refractivity contribution in [3.05, 3.63) is 52.7 Å². The quantitative estimate of drug-likeness (QED) is 0.835. The molecule has 18 heavy (non-hydrogen) atoms. The van der Waals surface area contributed by atoms with Crippen LogP contribution in [0.15, 0.2) is 47.8 Å². The van der Waals surface area contributed by atoms with Crippen LogP contribution in [0.2, 0.25) is 0 Å². The van der Waals surface area contributed by atoms with Crippen LogP contribution >= 0.6 is 11.3 Å². The molecule has 1 N–H and O–H groups in total. The average molecular weight is 264 g/mol. The Hall–Kier alpha value is -1.36. The van der Waals surface area contributed by atoms with Gasteiger partial charge in [-0.1, -0.05) is 24.3 Å². The molecule has 1 heterocycles. The number of rotatable bonds is 7. The SMILES string of the molecule is OC(COCc1cccs1)COc1ccccc1. The predicted octanol–water partition coefficient (Wildman–Crippen LogP) is 2.70.